The van der Waals surface area contributed by atoms with Crippen LogP contribution in [0, 0.1) is 10.1 Å². The molecule has 7 nitrogen and oxygen atoms in total. The van der Waals surface area contributed by atoms with E-state index in [0.29, 0.717) is 0 Å². The molecular formula is C13H15ClN2O5. The first-order valence-electron chi connectivity index (χ1n) is 6.40. The minimum Gasteiger partial charge on any atom is -0.483 e. The topological polar surface area (TPSA) is 102 Å². The van der Waals surface area contributed by atoms with Crippen LogP contribution in [-0.2, 0) is 4.79 Å². The van der Waals surface area contributed by atoms with E-state index in [1.54, 1.807) is 0 Å². The van der Waals surface area contributed by atoms with Gasteiger partial charge in [-0.25, -0.2) is 0 Å². The molecule has 21 heavy (non-hydrogen) atoms. The second kappa shape index (κ2) is 5.87. The summed E-state index contributed by atoms with van der Waals surface area (Å²) < 4.78 is 5.37. The Labute approximate surface area is 126 Å². The van der Waals surface area contributed by atoms with Crippen LogP contribution in [0.15, 0.2) is 18.2 Å². The highest BCUT2D eigenvalue weighted by molar-refractivity contribution is 6.32. The maximum absolute atomic E-state index is 11.4. The Morgan fingerprint density at radius 3 is 2.81 bits per heavy atom. The third-order valence-corrected chi connectivity index (χ3v) is 3.52. The molecular weight excluding hydrogens is 300 g/mol. The number of halogens is 1. The lowest BCUT2D eigenvalue weighted by atomic mass is 10.0. The number of nitrogens with one attached hydrogen (secondary N) is 1. The second-order valence-electron chi connectivity index (χ2n) is 5.19. The van der Waals surface area contributed by atoms with Gasteiger partial charge in [-0.15, -0.1) is 0 Å². The van der Waals surface area contributed by atoms with Crippen LogP contribution in [0.1, 0.15) is 19.8 Å². The van der Waals surface area contributed by atoms with Gasteiger partial charge in [0, 0.05) is 12.1 Å². The first kappa shape index (κ1) is 15.5. The molecule has 1 saturated carbocycles. The van der Waals surface area contributed by atoms with Crippen molar-refractivity contribution in [2.24, 2.45) is 0 Å². The van der Waals surface area contributed by atoms with E-state index in [-0.39, 0.29) is 29.1 Å². The molecule has 0 aliphatic heterocycles. The molecule has 1 aromatic rings. The van der Waals surface area contributed by atoms with Gasteiger partial charge in [-0.1, -0.05) is 17.7 Å². The second-order valence-corrected chi connectivity index (χ2v) is 5.60. The molecule has 2 N–H and O–H groups in total. The van der Waals surface area contributed by atoms with Gasteiger partial charge < -0.3 is 9.84 Å². The summed E-state index contributed by atoms with van der Waals surface area (Å²) in [7, 11) is 0. The third-order valence-electron chi connectivity index (χ3n) is 3.22. The van der Waals surface area contributed by atoms with E-state index >= 15 is 0 Å². The molecule has 0 radical (unpaired) electrons. The fourth-order valence-electron chi connectivity index (χ4n) is 1.84. The van der Waals surface area contributed by atoms with Crippen molar-refractivity contribution in [3.63, 3.8) is 0 Å². The predicted octanol–water partition coefficient (Wildman–Crippen LogP) is 2.22. The number of carboxylic acid groups (broad SMARTS) is 1. The monoisotopic (exact) mass is 314 g/mol. The van der Waals surface area contributed by atoms with Crippen molar-refractivity contribution in [1.29, 1.82) is 0 Å². The minimum absolute atomic E-state index is 0.0726. The lowest BCUT2D eigenvalue weighted by Crippen LogP contribution is -2.54. The van der Waals surface area contributed by atoms with Crippen LogP contribution in [0.25, 0.3) is 0 Å². The van der Waals surface area contributed by atoms with E-state index in [0.717, 1.165) is 12.8 Å². The molecule has 1 aromatic carbocycles. The fourth-order valence-corrected chi connectivity index (χ4v) is 2.07. The Kier molecular flexibility index (Phi) is 4.34. The van der Waals surface area contributed by atoms with Crippen LogP contribution in [0.5, 0.6) is 5.75 Å². The number of para-hydroxylation sites is 1. The zero-order valence-electron chi connectivity index (χ0n) is 11.3. The molecule has 0 aromatic heterocycles. The predicted molar refractivity (Wildman–Crippen MR) is 75.8 cm³/mol. The molecule has 8 heteroatoms. The Hall–Kier alpha value is -1.86. The van der Waals surface area contributed by atoms with E-state index < -0.39 is 16.4 Å². The Bertz CT molecular complexity index is 576. The quantitative estimate of drug-likeness (QED) is 0.591. The van der Waals surface area contributed by atoms with Crippen molar-refractivity contribution in [3.8, 4) is 5.75 Å². The summed E-state index contributed by atoms with van der Waals surface area (Å²) in [5, 5.41) is 23.3. The summed E-state index contributed by atoms with van der Waals surface area (Å²) in [6.45, 7) is 1.22. The van der Waals surface area contributed by atoms with Gasteiger partial charge in [0.05, 0.1) is 9.95 Å². The van der Waals surface area contributed by atoms with Gasteiger partial charge in [0.25, 0.3) is 0 Å². The summed E-state index contributed by atoms with van der Waals surface area (Å²) in [6.07, 6.45) is 1.82. The van der Waals surface area contributed by atoms with Gasteiger partial charge in [-0.2, -0.15) is 0 Å². The van der Waals surface area contributed by atoms with E-state index in [2.05, 4.69) is 5.32 Å². The molecule has 0 amide bonds. The number of nitrogens with zero attached hydrogens (tertiary/aromatic N) is 1. The van der Waals surface area contributed by atoms with Gasteiger partial charge >= 0.3 is 11.7 Å². The van der Waals surface area contributed by atoms with Crippen LogP contribution in [0.4, 0.5) is 5.69 Å². The lowest BCUT2D eigenvalue weighted by Gasteiger charge is -2.26. The Morgan fingerprint density at radius 1 is 1.62 bits per heavy atom. The van der Waals surface area contributed by atoms with E-state index in [1.165, 1.54) is 25.1 Å². The SMILES string of the molecule is CC(COc1c(Cl)cccc1[N+](=O)[O-])(NC1CC1)C(=O)O. The number of hydrogen-bond acceptors (Lipinski definition) is 5. The molecule has 1 unspecified atom stereocenters. The first-order chi connectivity index (χ1) is 9.83. The van der Waals surface area contributed by atoms with Crippen LogP contribution in [0.3, 0.4) is 0 Å². The van der Waals surface area contributed by atoms with Gasteiger partial charge in [0.2, 0.25) is 5.75 Å². The summed E-state index contributed by atoms with van der Waals surface area (Å²) in [5.74, 6) is -1.20. The lowest BCUT2D eigenvalue weighted by molar-refractivity contribution is -0.385. The van der Waals surface area contributed by atoms with Crippen LogP contribution < -0.4 is 10.1 Å². The van der Waals surface area contributed by atoms with Crippen LogP contribution >= 0.6 is 11.6 Å². The Morgan fingerprint density at radius 2 is 2.29 bits per heavy atom. The van der Waals surface area contributed by atoms with Crippen molar-refractivity contribution in [3.05, 3.63) is 33.3 Å². The number of ether oxygens (including phenoxy) is 1. The van der Waals surface area contributed by atoms with Crippen molar-refractivity contribution >= 4 is 23.3 Å². The van der Waals surface area contributed by atoms with Gasteiger partial charge in [-0.3, -0.25) is 20.2 Å². The van der Waals surface area contributed by atoms with Gasteiger partial charge in [-0.05, 0) is 25.8 Å². The number of aliphatic carboxylic acids is 1. The molecule has 114 valence electrons. The van der Waals surface area contributed by atoms with Gasteiger partial charge in [0.1, 0.15) is 12.1 Å². The van der Waals surface area contributed by atoms with Crippen LogP contribution in [0.2, 0.25) is 5.02 Å². The van der Waals surface area contributed by atoms with Gasteiger partial charge in [0.15, 0.2) is 0 Å². The number of benzene rings is 1. The van der Waals surface area contributed by atoms with Crippen molar-refractivity contribution in [2.75, 3.05) is 6.61 Å². The number of carbonyl (C=O) groups is 1. The van der Waals surface area contributed by atoms with Crippen molar-refractivity contribution < 1.29 is 19.6 Å². The standard InChI is InChI=1S/C13H15ClN2O5/c1-13(12(17)18,15-8-5-6-8)7-21-11-9(14)3-2-4-10(11)16(19)20/h2-4,8,15H,5-7H2,1H3,(H,17,18). The summed E-state index contributed by atoms with van der Waals surface area (Å²) >= 11 is 5.90. The average molecular weight is 315 g/mol. The average Bonchev–Trinajstić information content (AvgIpc) is 3.20. The van der Waals surface area contributed by atoms with E-state index in [1.807, 2.05) is 0 Å². The first-order valence-corrected chi connectivity index (χ1v) is 6.78. The summed E-state index contributed by atoms with van der Waals surface area (Å²) in [4.78, 5) is 21.7. The summed E-state index contributed by atoms with van der Waals surface area (Å²) in [6, 6.07) is 4.30. The molecule has 1 fully saturated rings. The molecule has 0 spiro atoms. The zero-order valence-corrected chi connectivity index (χ0v) is 12.1. The molecule has 1 aliphatic rings. The number of nitro groups is 1. The maximum Gasteiger partial charge on any atom is 0.327 e. The van der Waals surface area contributed by atoms with Crippen molar-refractivity contribution in [2.45, 2.75) is 31.3 Å². The number of hydrogen-bond donors (Lipinski definition) is 2. The largest absolute Gasteiger partial charge is 0.483 e. The maximum atomic E-state index is 11.4. The molecule has 0 bridgehead atoms. The zero-order chi connectivity index (χ0) is 15.6. The Balaban J connectivity index is 2.17. The fraction of sp³-hybridized carbons (Fsp3) is 0.462. The molecule has 1 aliphatic carbocycles. The highest BCUT2D eigenvalue weighted by atomic mass is 35.5. The normalized spacial score (nSPS) is 17.0. The number of carboxylic acids is 1. The summed E-state index contributed by atoms with van der Waals surface area (Å²) in [5.41, 5.74) is -1.62. The smallest absolute Gasteiger partial charge is 0.327 e. The highest BCUT2D eigenvalue weighted by Gasteiger charge is 2.40. The van der Waals surface area contributed by atoms with E-state index in [4.69, 9.17) is 16.3 Å². The number of rotatable bonds is 7. The third kappa shape index (κ3) is 3.62. The molecule has 0 heterocycles. The molecule has 0 saturated heterocycles. The van der Waals surface area contributed by atoms with Crippen LogP contribution in [-0.4, -0.2) is 34.2 Å². The molecule has 1 atom stereocenters. The molecule has 2 rings (SSSR count). The van der Waals surface area contributed by atoms with Crippen molar-refractivity contribution in [1.82, 2.24) is 5.32 Å². The number of nitro benzene ring substituents is 1. The minimum atomic E-state index is -1.33. The van der Waals surface area contributed by atoms with E-state index in [9.17, 15) is 20.0 Å². The highest BCUT2D eigenvalue weighted by Crippen LogP contribution is 2.35.